The molecule has 3 rings (SSSR count). The molecule has 0 spiro atoms. The van der Waals surface area contributed by atoms with Crippen LogP contribution in [-0.2, 0) is 11.2 Å². The number of amides is 1. The van der Waals surface area contributed by atoms with E-state index in [0.717, 1.165) is 44.8 Å². The molecule has 1 aromatic carbocycles. The van der Waals surface area contributed by atoms with Crippen molar-refractivity contribution in [2.75, 3.05) is 42.5 Å². The summed E-state index contributed by atoms with van der Waals surface area (Å²) in [5.74, 6) is 0.296. The summed E-state index contributed by atoms with van der Waals surface area (Å²) in [6.07, 6.45) is 0.982. The van der Waals surface area contributed by atoms with Gasteiger partial charge >= 0.3 is 0 Å². The third-order valence-electron chi connectivity index (χ3n) is 4.21. The molecule has 0 radical (unpaired) electrons. The SMILES string of the molecule is CC(C)C(=O)N1CCc2ccc(N3CCNCC3)cc21. The number of carbonyl (C=O) groups excluding carboxylic acids is 1. The average Bonchev–Trinajstić information content (AvgIpc) is 2.90. The molecule has 0 aliphatic carbocycles. The molecule has 1 saturated heterocycles. The van der Waals surface area contributed by atoms with Gasteiger partial charge < -0.3 is 15.1 Å². The molecular formula is C16H23N3O. The van der Waals surface area contributed by atoms with Gasteiger partial charge in [-0.15, -0.1) is 0 Å². The van der Waals surface area contributed by atoms with Crippen LogP contribution in [0.25, 0.3) is 0 Å². The van der Waals surface area contributed by atoms with Gasteiger partial charge in [0.2, 0.25) is 5.91 Å². The molecule has 4 nitrogen and oxygen atoms in total. The van der Waals surface area contributed by atoms with Crippen molar-refractivity contribution >= 4 is 17.3 Å². The van der Waals surface area contributed by atoms with E-state index in [-0.39, 0.29) is 11.8 Å². The first-order chi connectivity index (χ1) is 9.66. The minimum absolute atomic E-state index is 0.0591. The van der Waals surface area contributed by atoms with Crippen LogP contribution >= 0.6 is 0 Å². The van der Waals surface area contributed by atoms with E-state index in [1.54, 1.807) is 0 Å². The smallest absolute Gasteiger partial charge is 0.229 e. The number of piperazine rings is 1. The van der Waals surface area contributed by atoms with Gasteiger partial charge in [0, 0.05) is 50.0 Å². The lowest BCUT2D eigenvalue weighted by molar-refractivity contribution is -0.121. The van der Waals surface area contributed by atoms with Gasteiger partial charge in [-0.1, -0.05) is 19.9 Å². The zero-order valence-electron chi connectivity index (χ0n) is 12.4. The minimum Gasteiger partial charge on any atom is -0.369 e. The Labute approximate surface area is 120 Å². The second-order valence-corrected chi connectivity index (χ2v) is 5.94. The van der Waals surface area contributed by atoms with Gasteiger partial charge in [0.15, 0.2) is 0 Å². The van der Waals surface area contributed by atoms with Crippen LogP contribution in [0.1, 0.15) is 19.4 Å². The maximum Gasteiger partial charge on any atom is 0.229 e. The Morgan fingerprint density at radius 1 is 1.20 bits per heavy atom. The summed E-state index contributed by atoms with van der Waals surface area (Å²) in [4.78, 5) is 16.7. The molecule has 0 unspecified atom stereocenters. The van der Waals surface area contributed by atoms with Gasteiger partial charge in [-0.3, -0.25) is 4.79 Å². The Kier molecular flexibility index (Phi) is 3.66. The Hall–Kier alpha value is -1.55. The summed E-state index contributed by atoms with van der Waals surface area (Å²) in [7, 11) is 0. The highest BCUT2D eigenvalue weighted by Crippen LogP contribution is 2.33. The molecule has 1 amide bonds. The van der Waals surface area contributed by atoms with Crippen LogP contribution in [0.3, 0.4) is 0 Å². The fourth-order valence-corrected chi connectivity index (χ4v) is 3.03. The fraction of sp³-hybridized carbons (Fsp3) is 0.562. The van der Waals surface area contributed by atoms with Crippen molar-refractivity contribution in [3.63, 3.8) is 0 Å². The fourth-order valence-electron chi connectivity index (χ4n) is 3.03. The first-order valence-electron chi connectivity index (χ1n) is 7.57. The number of nitrogens with zero attached hydrogens (tertiary/aromatic N) is 2. The third-order valence-corrected chi connectivity index (χ3v) is 4.21. The molecular weight excluding hydrogens is 250 g/mol. The van der Waals surface area contributed by atoms with Gasteiger partial charge in [0.05, 0.1) is 0 Å². The highest BCUT2D eigenvalue weighted by Gasteiger charge is 2.27. The summed E-state index contributed by atoms with van der Waals surface area (Å²) < 4.78 is 0. The molecule has 1 aromatic rings. The lowest BCUT2D eigenvalue weighted by atomic mass is 10.1. The predicted molar refractivity (Wildman–Crippen MR) is 82.4 cm³/mol. The van der Waals surface area contributed by atoms with E-state index in [9.17, 15) is 4.79 Å². The zero-order chi connectivity index (χ0) is 14.1. The van der Waals surface area contributed by atoms with E-state index in [2.05, 4.69) is 28.4 Å². The predicted octanol–water partition coefficient (Wildman–Crippen LogP) is 1.64. The van der Waals surface area contributed by atoms with Crippen molar-refractivity contribution < 1.29 is 4.79 Å². The third kappa shape index (κ3) is 2.40. The van der Waals surface area contributed by atoms with Crippen LogP contribution in [0, 0.1) is 5.92 Å². The lowest BCUT2D eigenvalue weighted by Gasteiger charge is -2.30. The van der Waals surface area contributed by atoms with Crippen molar-refractivity contribution in [1.29, 1.82) is 0 Å². The summed E-state index contributed by atoms with van der Waals surface area (Å²) >= 11 is 0. The summed E-state index contributed by atoms with van der Waals surface area (Å²) in [6, 6.07) is 6.60. The van der Waals surface area contributed by atoms with Crippen molar-refractivity contribution in [3.05, 3.63) is 23.8 Å². The number of nitrogens with one attached hydrogen (secondary N) is 1. The number of carbonyl (C=O) groups is 1. The van der Waals surface area contributed by atoms with E-state index in [4.69, 9.17) is 0 Å². The van der Waals surface area contributed by atoms with Gasteiger partial charge in [0.1, 0.15) is 0 Å². The van der Waals surface area contributed by atoms with Gasteiger partial charge in [-0.2, -0.15) is 0 Å². The molecule has 2 aliphatic heterocycles. The van der Waals surface area contributed by atoms with E-state index in [1.165, 1.54) is 11.3 Å². The maximum atomic E-state index is 12.3. The van der Waals surface area contributed by atoms with Gasteiger partial charge in [0.25, 0.3) is 0 Å². The standard InChI is InChI=1S/C16H23N3O/c1-12(2)16(20)19-8-5-13-3-4-14(11-15(13)19)18-9-6-17-7-10-18/h3-4,11-12,17H,5-10H2,1-2H3. The second kappa shape index (κ2) is 5.44. The van der Waals surface area contributed by atoms with Crippen molar-refractivity contribution in [3.8, 4) is 0 Å². The van der Waals surface area contributed by atoms with Crippen LogP contribution in [0.2, 0.25) is 0 Å². The first-order valence-corrected chi connectivity index (χ1v) is 7.57. The Balaban J connectivity index is 1.87. The van der Waals surface area contributed by atoms with E-state index >= 15 is 0 Å². The molecule has 2 aliphatic rings. The Morgan fingerprint density at radius 3 is 2.65 bits per heavy atom. The molecule has 2 heterocycles. The van der Waals surface area contributed by atoms with Gasteiger partial charge in [-0.05, 0) is 24.1 Å². The van der Waals surface area contributed by atoms with Crippen LogP contribution in [-0.4, -0.2) is 38.6 Å². The molecule has 1 fully saturated rings. The number of rotatable bonds is 2. The quantitative estimate of drug-likeness (QED) is 0.890. The Morgan fingerprint density at radius 2 is 1.95 bits per heavy atom. The molecule has 0 atom stereocenters. The average molecular weight is 273 g/mol. The molecule has 0 saturated carbocycles. The van der Waals surface area contributed by atoms with Gasteiger partial charge in [-0.25, -0.2) is 0 Å². The topological polar surface area (TPSA) is 35.6 Å². The van der Waals surface area contributed by atoms with E-state index < -0.39 is 0 Å². The van der Waals surface area contributed by atoms with Crippen LogP contribution in [0.5, 0.6) is 0 Å². The summed E-state index contributed by atoms with van der Waals surface area (Å²) in [6.45, 7) is 8.92. The van der Waals surface area contributed by atoms with Crippen LogP contribution in [0.4, 0.5) is 11.4 Å². The normalized spacial score (nSPS) is 18.6. The monoisotopic (exact) mass is 273 g/mol. The number of hydrogen-bond acceptors (Lipinski definition) is 3. The summed E-state index contributed by atoms with van der Waals surface area (Å²) in [5, 5.41) is 3.37. The first kappa shape index (κ1) is 13.4. The number of anilines is 2. The van der Waals surface area contributed by atoms with Crippen molar-refractivity contribution in [1.82, 2.24) is 5.32 Å². The van der Waals surface area contributed by atoms with Crippen molar-refractivity contribution in [2.45, 2.75) is 20.3 Å². The van der Waals surface area contributed by atoms with E-state index in [1.807, 2.05) is 18.7 Å². The van der Waals surface area contributed by atoms with Crippen LogP contribution < -0.4 is 15.1 Å². The Bertz CT molecular complexity index is 506. The number of benzene rings is 1. The minimum atomic E-state index is 0.0591. The zero-order valence-corrected chi connectivity index (χ0v) is 12.4. The second-order valence-electron chi connectivity index (χ2n) is 5.94. The van der Waals surface area contributed by atoms with Crippen molar-refractivity contribution in [2.24, 2.45) is 5.92 Å². The number of fused-ring (bicyclic) bond motifs is 1. The molecule has 0 aromatic heterocycles. The molecule has 108 valence electrons. The van der Waals surface area contributed by atoms with E-state index in [0.29, 0.717) is 0 Å². The summed E-state index contributed by atoms with van der Waals surface area (Å²) in [5.41, 5.74) is 3.67. The molecule has 1 N–H and O–H groups in total. The maximum absolute atomic E-state index is 12.3. The molecule has 20 heavy (non-hydrogen) atoms. The molecule has 4 heteroatoms. The highest BCUT2D eigenvalue weighted by molar-refractivity contribution is 5.97. The lowest BCUT2D eigenvalue weighted by Crippen LogP contribution is -2.43. The highest BCUT2D eigenvalue weighted by atomic mass is 16.2. The largest absolute Gasteiger partial charge is 0.369 e. The molecule has 0 bridgehead atoms. The van der Waals surface area contributed by atoms with Crippen LogP contribution in [0.15, 0.2) is 18.2 Å². The number of hydrogen-bond donors (Lipinski definition) is 1.